The van der Waals surface area contributed by atoms with Gasteiger partial charge < -0.3 is 10.5 Å². The summed E-state index contributed by atoms with van der Waals surface area (Å²) in [6.07, 6.45) is 1.25. The number of hydrogen-bond acceptors (Lipinski definition) is 2. The van der Waals surface area contributed by atoms with Crippen LogP contribution in [0.5, 0.6) is 5.75 Å². The smallest absolute Gasteiger partial charge is 0.119 e. The minimum absolute atomic E-state index is 0.760. The van der Waals surface area contributed by atoms with Crippen LogP contribution in [0.3, 0.4) is 0 Å². The quantitative estimate of drug-likeness (QED) is 0.653. The first-order valence-corrected chi connectivity index (χ1v) is 4.14. The number of nitrogen functional groups attached to an aromatic ring is 1. The van der Waals surface area contributed by atoms with E-state index in [9.17, 15) is 0 Å². The van der Waals surface area contributed by atoms with Gasteiger partial charge in [0.1, 0.15) is 5.75 Å². The summed E-state index contributed by atoms with van der Waals surface area (Å²) in [7, 11) is 1.63. The molecular formula is C10H17NO. The van der Waals surface area contributed by atoms with Gasteiger partial charge in [-0.2, -0.15) is 0 Å². The Balaban J connectivity index is 0.000000354. The summed E-state index contributed by atoms with van der Waals surface area (Å²) in [6.45, 7) is 4.25. The van der Waals surface area contributed by atoms with E-state index in [1.165, 1.54) is 6.42 Å². The molecule has 2 N–H and O–H groups in total. The van der Waals surface area contributed by atoms with Gasteiger partial charge in [0.05, 0.1) is 7.11 Å². The zero-order valence-electron chi connectivity index (χ0n) is 8.00. The maximum absolute atomic E-state index is 5.43. The van der Waals surface area contributed by atoms with Crippen LogP contribution >= 0.6 is 0 Å². The van der Waals surface area contributed by atoms with E-state index in [1.54, 1.807) is 19.2 Å². The molecule has 68 valence electrons. The van der Waals surface area contributed by atoms with Crippen molar-refractivity contribution in [2.24, 2.45) is 0 Å². The highest BCUT2D eigenvalue weighted by Gasteiger charge is 1.86. The van der Waals surface area contributed by atoms with E-state index in [0.717, 1.165) is 11.4 Å². The second-order valence-electron chi connectivity index (χ2n) is 2.48. The zero-order valence-corrected chi connectivity index (χ0v) is 8.00. The first-order valence-electron chi connectivity index (χ1n) is 4.14. The van der Waals surface area contributed by atoms with Gasteiger partial charge in [0.15, 0.2) is 0 Å². The van der Waals surface area contributed by atoms with Crippen LogP contribution in [0.15, 0.2) is 24.3 Å². The third kappa shape index (κ3) is 4.61. The molecule has 0 aliphatic rings. The minimum atomic E-state index is 0.760. The molecule has 1 aromatic rings. The van der Waals surface area contributed by atoms with Crippen LogP contribution < -0.4 is 10.5 Å². The van der Waals surface area contributed by atoms with Gasteiger partial charge in [-0.3, -0.25) is 0 Å². The van der Waals surface area contributed by atoms with E-state index >= 15 is 0 Å². The van der Waals surface area contributed by atoms with Crippen LogP contribution in [0, 0.1) is 0 Å². The predicted octanol–water partition coefficient (Wildman–Crippen LogP) is 2.69. The van der Waals surface area contributed by atoms with Gasteiger partial charge in [-0.1, -0.05) is 20.3 Å². The lowest BCUT2D eigenvalue weighted by Gasteiger charge is -1.97. The van der Waals surface area contributed by atoms with E-state index in [0.29, 0.717) is 0 Å². The summed E-state index contributed by atoms with van der Waals surface area (Å²) >= 11 is 0. The fourth-order valence-corrected chi connectivity index (χ4v) is 0.604. The second kappa shape index (κ2) is 6.53. The highest BCUT2D eigenvalue weighted by molar-refractivity contribution is 5.41. The molecule has 2 nitrogen and oxygen atoms in total. The number of hydrogen-bond donors (Lipinski definition) is 1. The average Bonchev–Trinajstić information content (AvgIpc) is 2.07. The van der Waals surface area contributed by atoms with Crippen LogP contribution in [-0.2, 0) is 0 Å². The molecule has 2 heteroatoms. The number of anilines is 1. The molecule has 0 atom stereocenters. The molecule has 0 aromatic heterocycles. The van der Waals surface area contributed by atoms with E-state index < -0.39 is 0 Å². The van der Waals surface area contributed by atoms with E-state index in [-0.39, 0.29) is 0 Å². The molecule has 0 fully saturated rings. The van der Waals surface area contributed by atoms with Crippen molar-refractivity contribution in [3.05, 3.63) is 24.3 Å². The van der Waals surface area contributed by atoms with E-state index in [1.807, 2.05) is 12.1 Å². The largest absolute Gasteiger partial charge is 0.497 e. The van der Waals surface area contributed by atoms with Gasteiger partial charge >= 0.3 is 0 Å². The summed E-state index contributed by atoms with van der Waals surface area (Å²) in [6, 6.07) is 7.27. The monoisotopic (exact) mass is 167 g/mol. The Labute approximate surface area is 74.4 Å². The van der Waals surface area contributed by atoms with Gasteiger partial charge in [-0.15, -0.1) is 0 Å². The number of nitrogens with two attached hydrogens (primary N) is 1. The fourth-order valence-electron chi connectivity index (χ4n) is 0.604. The molecule has 0 radical (unpaired) electrons. The third-order valence-electron chi connectivity index (χ3n) is 1.12. The Hall–Kier alpha value is -1.18. The minimum Gasteiger partial charge on any atom is -0.497 e. The molecule has 12 heavy (non-hydrogen) atoms. The zero-order chi connectivity index (χ0) is 9.40. The lowest BCUT2D eigenvalue weighted by Crippen LogP contribution is -1.84. The topological polar surface area (TPSA) is 35.2 Å². The maximum atomic E-state index is 5.43. The Morgan fingerprint density at radius 2 is 1.58 bits per heavy atom. The van der Waals surface area contributed by atoms with Crippen molar-refractivity contribution >= 4 is 5.69 Å². The van der Waals surface area contributed by atoms with Crippen molar-refractivity contribution in [3.63, 3.8) is 0 Å². The highest BCUT2D eigenvalue weighted by Crippen LogP contribution is 2.11. The standard InChI is InChI=1S/C7H9NO.C3H8/c1-9-7-4-2-6(8)3-5-7;1-3-2/h2-5H,8H2,1H3;3H2,1-2H3. The third-order valence-corrected chi connectivity index (χ3v) is 1.12. The van der Waals surface area contributed by atoms with E-state index in [4.69, 9.17) is 10.5 Å². The highest BCUT2D eigenvalue weighted by atomic mass is 16.5. The molecule has 0 heterocycles. The second-order valence-corrected chi connectivity index (χ2v) is 2.48. The first kappa shape index (κ1) is 10.8. The van der Waals surface area contributed by atoms with Gasteiger partial charge in [-0.25, -0.2) is 0 Å². The molecule has 0 spiro atoms. The number of ether oxygens (including phenoxy) is 1. The molecule has 0 aliphatic carbocycles. The number of methoxy groups -OCH3 is 1. The average molecular weight is 167 g/mol. The number of benzene rings is 1. The number of rotatable bonds is 1. The lowest BCUT2D eigenvalue weighted by atomic mass is 10.3. The molecule has 0 aliphatic heterocycles. The molecular weight excluding hydrogens is 150 g/mol. The van der Waals surface area contributed by atoms with Gasteiger partial charge in [0.25, 0.3) is 0 Å². The first-order chi connectivity index (χ1) is 5.74. The molecule has 0 unspecified atom stereocenters. The summed E-state index contributed by atoms with van der Waals surface area (Å²) in [5.74, 6) is 0.837. The van der Waals surface area contributed by atoms with Gasteiger partial charge in [-0.05, 0) is 24.3 Å². The van der Waals surface area contributed by atoms with Crippen molar-refractivity contribution in [3.8, 4) is 5.75 Å². The normalized spacial score (nSPS) is 8.25. The SMILES string of the molecule is CCC.COc1ccc(N)cc1. The van der Waals surface area contributed by atoms with E-state index in [2.05, 4.69) is 13.8 Å². The van der Waals surface area contributed by atoms with Crippen LogP contribution in [0.25, 0.3) is 0 Å². The van der Waals surface area contributed by atoms with Crippen molar-refractivity contribution in [2.75, 3.05) is 12.8 Å². The Morgan fingerprint density at radius 3 is 1.92 bits per heavy atom. The summed E-state index contributed by atoms with van der Waals surface area (Å²) in [5, 5.41) is 0. The van der Waals surface area contributed by atoms with Crippen molar-refractivity contribution < 1.29 is 4.74 Å². The Kier molecular flexibility index (Phi) is 5.88. The Morgan fingerprint density at radius 1 is 1.17 bits per heavy atom. The summed E-state index contributed by atoms with van der Waals surface area (Å²) in [5.41, 5.74) is 6.19. The molecule has 0 amide bonds. The van der Waals surface area contributed by atoms with Crippen molar-refractivity contribution in [1.29, 1.82) is 0 Å². The predicted molar refractivity (Wildman–Crippen MR) is 53.4 cm³/mol. The molecule has 1 aromatic carbocycles. The van der Waals surface area contributed by atoms with Crippen LogP contribution in [-0.4, -0.2) is 7.11 Å². The Bertz CT molecular complexity index is 193. The van der Waals surface area contributed by atoms with Gasteiger partial charge in [0.2, 0.25) is 0 Å². The van der Waals surface area contributed by atoms with Crippen LogP contribution in [0.2, 0.25) is 0 Å². The van der Waals surface area contributed by atoms with Crippen molar-refractivity contribution in [1.82, 2.24) is 0 Å². The maximum Gasteiger partial charge on any atom is 0.119 e. The van der Waals surface area contributed by atoms with Crippen LogP contribution in [0.1, 0.15) is 20.3 Å². The lowest BCUT2D eigenvalue weighted by molar-refractivity contribution is 0.415. The molecule has 1 rings (SSSR count). The van der Waals surface area contributed by atoms with Gasteiger partial charge in [0, 0.05) is 5.69 Å². The molecule has 0 saturated carbocycles. The summed E-state index contributed by atoms with van der Waals surface area (Å²) in [4.78, 5) is 0. The van der Waals surface area contributed by atoms with Crippen LogP contribution in [0.4, 0.5) is 5.69 Å². The fraction of sp³-hybridized carbons (Fsp3) is 0.400. The molecule has 0 bridgehead atoms. The summed E-state index contributed by atoms with van der Waals surface area (Å²) < 4.78 is 4.91. The van der Waals surface area contributed by atoms with Crippen molar-refractivity contribution in [2.45, 2.75) is 20.3 Å². The molecule has 0 saturated heterocycles.